The monoisotopic (exact) mass is 215 g/mol. The van der Waals surface area contributed by atoms with Gasteiger partial charge in [0.25, 0.3) is 0 Å². The van der Waals surface area contributed by atoms with Gasteiger partial charge in [-0.1, -0.05) is 71.1 Å². The Hall–Kier alpha value is -0.0400. The first kappa shape index (κ1) is 15.0. The van der Waals surface area contributed by atoms with Crippen molar-refractivity contribution >= 4 is 0 Å². The van der Waals surface area contributed by atoms with Crippen LogP contribution < -0.4 is 5.32 Å². The fraction of sp³-hybridized carbons (Fsp3) is 1.00. The number of hydrogen-bond acceptors (Lipinski definition) is 1. The predicted molar refractivity (Wildman–Crippen MR) is 72.5 cm³/mol. The molecule has 0 aromatic heterocycles. The minimum atomic E-state index is 0. The molecule has 1 heteroatoms. The second-order valence-electron chi connectivity index (χ2n) is 4.64. The van der Waals surface area contributed by atoms with Gasteiger partial charge in [0.2, 0.25) is 0 Å². The summed E-state index contributed by atoms with van der Waals surface area (Å²) in [5, 5.41) is 3.20. The van der Waals surface area contributed by atoms with Crippen molar-refractivity contribution in [3.63, 3.8) is 0 Å². The van der Waals surface area contributed by atoms with Gasteiger partial charge in [-0.15, -0.1) is 0 Å². The maximum absolute atomic E-state index is 3.20. The Balaban J connectivity index is 0. The quantitative estimate of drug-likeness (QED) is 0.463. The maximum atomic E-state index is 3.20. The summed E-state index contributed by atoms with van der Waals surface area (Å²) in [7, 11) is 2.04. The summed E-state index contributed by atoms with van der Waals surface area (Å²) in [6.45, 7) is 3.47. The topological polar surface area (TPSA) is 12.0 Å². The van der Waals surface area contributed by atoms with Crippen LogP contribution in [0.15, 0.2) is 0 Å². The van der Waals surface area contributed by atoms with Crippen LogP contribution in [0.2, 0.25) is 0 Å². The highest BCUT2D eigenvalue weighted by molar-refractivity contribution is 4.48. The van der Waals surface area contributed by atoms with Gasteiger partial charge in [0.1, 0.15) is 0 Å². The molecule has 0 saturated heterocycles. The smallest absolute Gasteiger partial charge is 0 e. The third-order valence-corrected chi connectivity index (χ3v) is 3.03. The molecule has 1 nitrogen and oxygen atoms in total. The number of unbranched alkanes of at least 4 members (excludes halogenated alkanes) is 10. The van der Waals surface area contributed by atoms with Crippen LogP contribution in [0, 0.1) is 0 Å². The summed E-state index contributed by atoms with van der Waals surface area (Å²) in [6.07, 6.45) is 15.8. The zero-order valence-electron chi connectivity index (χ0n) is 11.0. The van der Waals surface area contributed by atoms with Crippen LogP contribution in [-0.2, 0) is 0 Å². The summed E-state index contributed by atoms with van der Waals surface area (Å²) >= 11 is 0. The van der Waals surface area contributed by atoms with E-state index < -0.39 is 0 Å². The average molecular weight is 215 g/mol. The molecule has 0 heterocycles. The second-order valence-corrected chi connectivity index (χ2v) is 4.64. The van der Waals surface area contributed by atoms with Crippen molar-refractivity contribution in [1.29, 1.82) is 0 Å². The zero-order valence-corrected chi connectivity index (χ0v) is 11.0. The van der Waals surface area contributed by atoms with Gasteiger partial charge in [-0.2, -0.15) is 0 Å². The highest BCUT2D eigenvalue weighted by Gasteiger charge is 1.92. The van der Waals surface area contributed by atoms with E-state index >= 15 is 0 Å². The Morgan fingerprint density at radius 2 is 1.07 bits per heavy atom. The minimum Gasteiger partial charge on any atom is -0.320 e. The van der Waals surface area contributed by atoms with Gasteiger partial charge in [0, 0.05) is 1.43 Å². The SMILES string of the molecule is CCCCCCCCCCCCCNC.[HH]. The molecular formula is C14H33N. The number of rotatable bonds is 12. The third-order valence-electron chi connectivity index (χ3n) is 3.03. The molecule has 0 atom stereocenters. The summed E-state index contributed by atoms with van der Waals surface area (Å²) in [4.78, 5) is 0. The molecule has 0 rings (SSSR count). The highest BCUT2D eigenvalue weighted by atomic mass is 14.8. The fourth-order valence-electron chi connectivity index (χ4n) is 1.97. The molecular weight excluding hydrogens is 182 g/mol. The molecule has 0 aliphatic carbocycles. The number of nitrogens with one attached hydrogen (secondary N) is 1. The Kier molecular flexibility index (Phi) is 13.9. The Labute approximate surface area is 98.5 Å². The van der Waals surface area contributed by atoms with Gasteiger partial charge in [0.15, 0.2) is 0 Å². The lowest BCUT2D eigenvalue weighted by atomic mass is 10.1. The molecule has 0 aromatic rings. The molecule has 94 valence electrons. The van der Waals surface area contributed by atoms with Crippen molar-refractivity contribution < 1.29 is 1.43 Å². The summed E-state index contributed by atoms with van der Waals surface area (Å²) < 4.78 is 0. The molecule has 1 N–H and O–H groups in total. The first-order valence-corrected chi connectivity index (χ1v) is 7.06. The Bertz CT molecular complexity index is 94.9. The molecule has 0 spiro atoms. The van der Waals surface area contributed by atoms with Crippen molar-refractivity contribution in [3.05, 3.63) is 0 Å². The Morgan fingerprint density at radius 3 is 1.47 bits per heavy atom. The largest absolute Gasteiger partial charge is 0.320 e. The molecule has 0 aromatic carbocycles. The maximum Gasteiger partial charge on any atom is 0 e. The zero-order chi connectivity index (χ0) is 11.2. The molecule has 0 fully saturated rings. The van der Waals surface area contributed by atoms with Gasteiger partial charge in [0.05, 0.1) is 0 Å². The van der Waals surface area contributed by atoms with Crippen LogP contribution in [0.3, 0.4) is 0 Å². The van der Waals surface area contributed by atoms with Crippen LogP contribution in [-0.4, -0.2) is 13.6 Å². The number of hydrogen-bond donors (Lipinski definition) is 1. The lowest BCUT2D eigenvalue weighted by Crippen LogP contribution is -2.06. The lowest BCUT2D eigenvalue weighted by Gasteiger charge is -2.02. The van der Waals surface area contributed by atoms with Crippen LogP contribution in [0.1, 0.15) is 79.0 Å². The van der Waals surface area contributed by atoms with E-state index in [-0.39, 0.29) is 1.43 Å². The van der Waals surface area contributed by atoms with Gasteiger partial charge < -0.3 is 5.32 Å². The van der Waals surface area contributed by atoms with Crippen LogP contribution in [0.5, 0.6) is 0 Å². The molecule has 15 heavy (non-hydrogen) atoms. The molecule has 0 radical (unpaired) electrons. The van der Waals surface area contributed by atoms with E-state index in [0.29, 0.717) is 0 Å². The van der Waals surface area contributed by atoms with E-state index in [9.17, 15) is 0 Å². The second kappa shape index (κ2) is 14.0. The van der Waals surface area contributed by atoms with E-state index in [1.165, 1.54) is 77.2 Å². The van der Waals surface area contributed by atoms with E-state index in [4.69, 9.17) is 0 Å². The van der Waals surface area contributed by atoms with Gasteiger partial charge in [-0.25, -0.2) is 0 Å². The molecule has 0 aliphatic rings. The van der Waals surface area contributed by atoms with E-state index in [1.54, 1.807) is 0 Å². The molecule has 0 saturated carbocycles. The van der Waals surface area contributed by atoms with Crippen LogP contribution in [0.4, 0.5) is 0 Å². The van der Waals surface area contributed by atoms with Crippen LogP contribution in [0.25, 0.3) is 0 Å². The summed E-state index contributed by atoms with van der Waals surface area (Å²) in [5.74, 6) is 0. The van der Waals surface area contributed by atoms with Gasteiger partial charge >= 0.3 is 0 Å². The molecule has 0 unspecified atom stereocenters. The fourth-order valence-corrected chi connectivity index (χ4v) is 1.97. The minimum absolute atomic E-state index is 0. The predicted octanol–water partition coefficient (Wildman–Crippen LogP) is 4.76. The summed E-state index contributed by atoms with van der Waals surface area (Å²) in [6, 6.07) is 0. The van der Waals surface area contributed by atoms with Gasteiger partial charge in [-0.05, 0) is 20.0 Å². The highest BCUT2D eigenvalue weighted by Crippen LogP contribution is 2.10. The van der Waals surface area contributed by atoms with Crippen molar-refractivity contribution in [2.24, 2.45) is 0 Å². The van der Waals surface area contributed by atoms with Crippen LogP contribution >= 0.6 is 0 Å². The van der Waals surface area contributed by atoms with Crippen molar-refractivity contribution in [2.45, 2.75) is 77.6 Å². The lowest BCUT2D eigenvalue weighted by molar-refractivity contribution is 0.545. The molecule has 0 amide bonds. The molecule has 0 aliphatic heterocycles. The first-order chi connectivity index (χ1) is 7.41. The van der Waals surface area contributed by atoms with Crippen molar-refractivity contribution in [1.82, 2.24) is 5.32 Å². The Morgan fingerprint density at radius 1 is 0.667 bits per heavy atom. The van der Waals surface area contributed by atoms with E-state index in [0.717, 1.165) is 0 Å². The van der Waals surface area contributed by atoms with E-state index in [1.807, 2.05) is 7.05 Å². The first-order valence-electron chi connectivity index (χ1n) is 7.06. The standard InChI is InChI=1S/C14H31N.H2/c1-3-4-5-6-7-8-9-10-11-12-13-14-15-2;/h15H,3-14H2,1-2H3;1H. The van der Waals surface area contributed by atoms with Crippen molar-refractivity contribution in [2.75, 3.05) is 13.6 Å². The average Bonchev–Trinajstić information content (AvgIpc) is 2.26. The van der Waals surface area contributed by atoms with E-state index in [2.05, 4.69) is 12.2 Å². The van der Waals surface area contributed by atoms with Crippen molar-refractivity contribution in [3.8, 4) is 0 Å². The normalized spacial score (nSPS) is 10.8. The summed E-state index contributed by atoms with van der Waals surface area (Å²) in [5.41, 5.74) is 0. The van der Waals surface area contributed by atoms with Gasteiger partial charge in [-0.3, -0.25) is 0 Å². The molecule has 0 bridgehead atoms. The third kappa shape index (κ3) is 14.0.